The maximum absolute atomic E-state index is 13.1. The maximum Gasteiger partial charge on any atom is 0.586 e. The number of nitrogens with one attached hydrogen (secondary N) is 1. The first-order valence-electron chi connectivity index (χ1n) is 8.04. The normalized spacial score (nSPS) is 14.3. The number of anilines is 1. The summed E-state index contributed by atoms with van der Waals surface area (Å²) in [5.41, 5.74) is 1.24. The van der Waals surface area contributed by atoms with E-state index in [2.05, 4.69) is 30.1 Å². The lowest BCUT2D eigenvalue weighted by atomic mass is 10.1. The van der Waals surface area contributed by atoms with Crippen LogP contribution in [-0.4, -0.2) is 37.0 Å². The Balaban J connectivity index is 1.44. The highest BCUT2D eigenvalue weighted by Gasteiger charge is 2.43. The van der Waals surface area contributed by atoms with Gasteiger partial charge in [0.25, 0.3) is 0 Å². The Kier molecular flexibility index (Phi) is 3.98. The molecule has 1 N–H and O–H groups in total. The molecule has 3 aromatic rings. The number of carbonyl (C=O) groups is 1. The molecule has 4 rings (SSSR count). The van der Waals surface area contributed by atoms with Gasteiger partial charge in [0, 0.05) is 11.8 Å². The van der Waals surface area contributed by atoms with E-state index in [1.165, 1.54) is 34.0 Å². The van der Waals surface area contributed by atoms with Gasteiger partial charge in [-0.25, -0.2) is 0 Å². The van der Waals surface area contributed by atoms with Gasteiger partial charge in [-0.2, -0.15) is 15.0 Å². The van der Waals surface area contributed by atoms with Crippen LogP contribution in [0.1, 0.15) is 6.92 Å². The van der Waals surface area contributed by atoms with Gasteiger partial charge in [-0.1, -0.05) is 6.07 Å². The number of hydrogen-bond acceptors (Lipinski definition) is 6. The molecule has 1 aliphatic heterocycles. The Bertz CT molecular complexity index is 1000. The predicted molar refractivity (Wildman–Crippen MR) is 88.2 cm³/mol. The van der Waals surface area contributed by atoms with Gasteiger partial charge in [0.05, 0.1) is 18.9 Å². The SMILES string of the molecule is CCn1ncc(NC(=O)Cn2cc(-c3ccc4c(c3)OC(F)(F)O4)cn2)n1. The van der Waals surface area contributed by atoms with Crippen molar-refractivity contribution in [2.24, 2.45) is 0 Å². The van der Waals surface area contributed by atoms with Crippen LogP contribution in [-0.2, 0) is 17.9 Å². The first-order chi connectivity index (χ1) is 12.9. The third-order valence-corrected chi connectivity index (χ3v) is 3.76. The minimum atomic E-state index is -3.66. The molecule has 0 atom stereocenters. The summed E-state index contributed by atoms with van der Waals surface area (Å²) in [6.07, 6.45) is 0.940. The number of carbonyl (C=O) groups excluding carboxylic acids is 1. The van der Waals surface area contributed by atoms with Crippen molar-refractivity contribution < 1.29 is 23.0 Å². The number of fused-ring (bicyclic) bond motifs is 1. The number of amides is 1. The minimum Gasteiger partial charge on any atom is -0.395 e. The van der Waals surface area contributed by atoms with Gasteiger partial charge in [0.1, 0.15) is 6.54 Å². The molecule has 3 heterocycles. The van der Waals surface area contributed by atoms with Crippen LogP contribution < -0.4 is 14.8 Å². The first kappa shape index (κ1) is 16.9. The van der Waals surface area contributed by atoms with E-state index in [4.69, 9.17) is 0 Å². The molecule has 0 unspecified atom stereocenters. The zero-order valence-electron chi connectivity index (χ0n) is 14.1. The van der Waals surface area contributed by atoms with Crippen LogP contribution in [0.4, 0.5) is 14.6 Å². The lowest BCUT2D eigenvalue weighted by molar-refractivity contribution is -0.286. The molecular formula is C16H14F2N6O3. The summed E-state index contributed by atoms with van der Waals surface area (Å²) in [4.78, 5) is 13.5. The number of benzene rings is 1. The molecule has 1 aliphatic rings. The Morgan fingerprint density at radius 1 is 1.19 bits per heavy atom. The number of alkyl halides is 2. The van der Waals surface area contributed by atoms with Gasteiger partial charge in [-0.15, -0.1) is 13.9 Å². The highest BCUT2D eigenvalue weighted by atomic mass is 19.3. The number of rotatable bonds is 5. The Morgan fingerprint density at radius 2 is 2.00 bits per heavy atom. The predicted octanol–water partition coefficient (Wildman–Crippen LogP) is 2.12. The molecule has 0 bridgehead atoms. The molecule has 27 heavy (non-hydrogen) atoms. The van der Waals surface area contributed by atoms with Crippen molar-refractivity contribution >= 4 is 11.7 Å². The fourth-order valence-corrected chi connectivity index (χ4v) is 2.56. The van der Waals surface area contributed by atoms with Crippen LogP contribution >= 0.6 is 0 Å². The van der Waals surface area contributed by atoms with Crippen molar-refractivity contribution in [3.63, 3.8) is 0 Å². The van der Waals surface area contributed by atoms with E-state index in [1.807, 2.05) is 6.92 Å². The number of aryl methyl sites for hydroxylation is 1. The van der Waals surface area contributed by atoms with E-state index >= 15 is 0 Å². The summed E-state index contributed by atoms with van der Waals surface area (Å²) >= 11 is 0. The summed E-state index contributed by atoms with van der Waals surface area (Å²) in [6, 6.07) is 4.43. The van der Waals surface area contributed by atoms with Crippen LogP contribution in [0, 0.1) is 0 Å². The Labute approximate surface area is 151 Å². The van der Waals surface area contributed by atoms with Gasteiger partial charge in [-0.05, 0) is 24.6 Å². The van der Waals surface area contributed by atoms with Crippen molar-refractivity contribution in [3.8, 4) is 22.6 Å². The summed E-state index contributed by atoms with van der Waals surface area (Å²) < 4.78 is 36.4. The second-order valence-corrected chi connectivity index (χ2v) is 5.72. The average Bonchev–Trinajstić information content (AvgIpc) is 3.31. The monoisotopic (exact) mass is 376 g/mol. The van der Waals surface area contributed by atoms with Crippen LogP contribution in [0.5, 0.6) is 11.5 Å². The molecule has 9 nitrogen and oxygen atoms in total. The first-order valence-corrected chi connectivity index (χ1v) is 8.04. The molecule has 1 amide bonds. The zero-order chi connectivity index (χ0) is 19.0. The Hall–Kier alpha value is -3.50. The molecule has 0 radical (unpaired) electrons. The van der Waals surface area contributed by atoms with Crippen molar-refractivity contribution in [3.05, 3.63) is 36.8 Å². The van der Waals surface area contributed by atoms with Gasteiger partial charge in [-0.3, -0.25) is 9.48 Å². The largest absolute Gasteiger partial charge is 0.586 e. The van der Waals surface area contributed by atoms with E-state index in [9.17, 15) is 13.6 Å². The van der Waals surface area contributed by atoms with E-state index in [0.717, 1.165) is 0 Å². The quantitative estimate of drug-likeness (QED) is 0.733. The van der Waals surface area contributed by atoms with Crippen LogP contribution in [0.15, 0.2) is 36.8 Å². The van der Waals surface area contributed by atoms with Crippen LogP contribution in [0.3, 0.4) is 0 Å². The number of nitrogens with zero attached hydrogens (tertiary/aromatic N) is 5. The summed E-state index contributed by atoms with van der Waals surface area (Å²) in [5.74, 6) is -0.0540. The second-order valence-electron chi connectivity index (χ2n) is 5.72. The molecule has 140 valence electrons. The smallest absolute Gasteiger partial charge is 0.395 e. The number of hydrogen-bond donors (Lipinski definition) is 1. The van der Waals surface area contributed by atoms with Crippen molar-refractivity contribution in [1.29, 1.82) is 0 Å². The van der Waals surface area contributed by atoms with Crippen molar-refractivity contribution in [2.75, 3.05) is 5.32 Å². The standard InChI is InChI=1S/C16H14F2N6O3/c1-2-24-20-7-14(22-24)21-15(25)9-23-8-11(6-19-23)10-3-4-12-13(5-10)27-16(17,18)26-12/h3-8H,2,9H2,1H3,(H,21,22,25). The van der Waals surface area contributed by atoms with E-state index in [1.54, 1.807) is 12.3 Å². The molecule has 0 aliphatic carbocycles. The number of halogens is 2. The Morgan fingerprint density at radius 3 is 2.78 bits per heavy atom. The highest BCUT2D eigenvalue weighted by molar-refractivity contribution is 5.89. The fraction of sp³-hybridized carbons (Fsp3) is 0.250. The van der Waals surface area contributed by atoms with Crippen molar-refractivity contribution in [1.82, 2.24) is 24.8 Å². The number of aromatic nitrogens is 5. The molecule has 11 heteroatoms. The van der Waals surface area contributed by atoms with Gasteiger partial charge in [0.15, 0.2) is 17.3 Å². The lowest BCUT2D eigenvalue weighted by Crippen LogP contribution is -2.25. The van der Waals surface area contributed by atoms with Gasteiger partial charge >= 0.3 is 6.29 Å². The molecule has 2 aromatic heterocycles. The third-order valence-electron chi connectivity index (χ3n) is 3.76. The lowest BCUT2D eigenvalue weighted by Gasteiger charge is -2.04. The molecule has 0 saturated carbocycles. The van der Waals surface area contributed by atoms with Crippen LogP contribution in [0.2, 0.25) is 0 Å². The van der Waals surface area contributed by atoms with E-state index in [0.29, 0.717) is 23.5 Å². The van der Waals surface area contributed by atoms with Crippen molar-refractivity contribution in [2.45, 2.75) is 26.3 Å². The van der Waals surface area contributed by atoms with E-state index < -0.39 is 6.29 Å². The average molecular weight is 376 g/mol. The molecule has 1 aromatic carbocycles. The summed E-state index contributed by atoms with van der Waals surface area (Å²) in [6.45, 7) is 2.44. The third kappa shape index (κ3) is 3.57. The molecule has 0 spiro atoms. The van der Waals surface area contributed by atoms with E-state index in [-0.39, 0.29) is 24.0 Å². The molecular weight excluding hydrogens is 362 g/mol. The maximum atomic E-state index is 13.1. The van der Waals surface area contributed by atoms with Gasteiger partial charge < -0.3 is 14.8 Å². The highest BCUT2D eigenvalue weighted by Crippen LogP contribution is 2.42. The second kappa shape index (κ2) is 6.34. The number of ether oxygens (including phenoxy) is 2. The minimum absolute atomic E-state index is 0.0318. The fourth-order valence-electron chi connectivity index (χ4n) is 2.56. The van der Waals surface area contributed by atoms with Gasteiger partial charge in [0.2, 0.25) is 5.91 Å². The molecule has 0 fully saturated rings. The topological polar surface area (TPSA) is 96.1 Å². The summed E-state index contributed by atoms with van der Waals surface area (Å²) in [7, 11) is 0. The molecule has 0 saturated heterocycles. The van der Waals surface area contributed by atoms with Crippen LogP contribution in [0.25, 0.3) is 11.1 Å². The summed E-state index contributed by atoms with van der Waals surface area (Å²) in [5, 5.41) is 14.8. The zero-order valence-corrected chi connectivity index (χ0v) is 14.1.